The summed E-state index contributed by atoms with van der Waals surface area (Å²) >= 11 is 0. The summed E-state index contributed by atoms with van der Waals surface area (Å²) in [5, 5.41) is 0. The van der Waals surface area contributed by atoms with Crippen LogP contribution in [0.15, 0.2) is 12.3 Å². The van der Waals surface area contributed by atoms with Gasteiger partial charge in [0.25, 0.3) is 0 Å². The number of nitrogens with zero attached hydrogens (tertiary/aromatic N) is 1. The van der Waals surface area contributed by atoms with Crippen molar-refractivity contribution in [3.05, 3.63) is 23.4 Å². The molecular weight excluding hydrogens is 166 g/mol. The smallest absolute Gasteiger partial charge is 0.217 e. The van der Waals surface area contributed by atoms with E-state index >= 15 is 0 Å². The first-order chi connectivity index (χ1) is 6.27. The van der Waals surface area contributed by atoms with E-state index in [1.54, 1.807) is 6.07 Å². The van der Waals surface area contributed by atoms with E-state index in [1.807, 2.05) is 6.92 Å². The van der Waals surface area contributed by atoms with E-state index in [-0.39, 0.29) is 6.61 Å². The molecule has 3 nitrogen and oxygen atoms in total. The number of aldehydes is 1. The molecule has 0 aliphatic carbocycles. The van der Waals surface area contributed by atoms with Crippen LogP contribution in [0.25, 0.3) is 0 Å². The van der Waals surface area contributed by atoms with Crippen molar-refractivity contribution in [3.63, 3.8) is 0 Å². The molecule has 0 atom stereocenters. The third-order valence-corrected chi connectivity index (χ3v) is 1.48. The summed E-state index contributed by atoms with van der Waals surface area (Å²) in [6, 6.07) is 1.70. The van der Waals surface area contributed by atoms with Crippen LogP contribution < -0.4 is 4.74 Å². The molecule has 0 aliphatic heterocycles. The Morgan fingerprint density at radius 3 is 3.08 bits per heavy atom. The Hall–Kier alpha value is -1.82. The van der Waals surface area contributed by atoms with Gasteiger partial charge in [0.05, 0.1) is 0 Å². The fourth-order valence-corrected chi connectivity index (χ4v) is 0.910. The SMILES string of the molecule is C#CCOc1ncc(C=O)cc1C. The lowest BCUT2D eigenvalue weighted by Crippen LogP contribution is -1.99. The first-order valence-electron chi connectivity index (χ1n) is 3.76. The molecule has 1 heterocycles. The van der Waals surface area contributed by atoms with Crippen molar-refractivity contribution < 1.29 is 9.53 Å². The van der Waals surface area contributed by atoms with Crippen molar-refractivity contribution in [1.82, 2.24) is 4.98 Å². The molecular formula is C10H9NO2. The normalized spacial score (nSPS) is 8.92. The monoisotopic (exact) mass is 175 g/mol. The molecule has 0 unspecified atom stereocenters. The van der Waals surface area contributed by atoms with E-state index < -0.39 is 0 Å². The second kappa shape index (κ2) is 4.27. The van der Waals surface area contributed by atoms with Crippen molar-refractivity contribution in [3.8, 4) is 18.2 Å². The fraction of sp³-hybridized carbons (Fsp3) is 0.200. The molecule has 1 aromatic heterocycles. The predicted molar refractivity (Wildman–Crippen MR) is 48.7 cm³/mol. The van der Waals surface area contributed by atoms with Gasteiger partial charge < -0.3 is 4.74 Å². The van der Waals surface area contributed by atoms with Crippen LogP contribution in [0.4, 0.5) is 0 Å². The lowest BCUT2D eigenvalue weighted by molar-refractivity contribution is 0.112. The second-order valence-corrected chi connectivity index (χ2v) is 2.50. The number of aromatic nitrogens is 1. The Morgan fingerprint density at radius 1 is 1.77 bits per heavy atom. The second-order valence-electron chi connectivity index (χ2n) is 2.50. The molecule has 66 valence electrons. The molecule has 0 fully saturated rings. The standard InChI is InChI=1S/C10H9NO2/c1-3-4-13-10-8(2)5-9(7-12)6-11-10/h1,5-7H,4H2,2H3. The van der Waals surface area contributed by atoms with E-state index in [0.717, 1.165) is 11.8 Å². The molecule has 1 rings (SSSR count). The minimum absolute atomic E-state index is 0.189. The highest BCUT2D eigenvalue weighted by Crippen LogP contribution is 2.13. The van der Waals surface area contributed by atoms with Gasteiger partial charge in [-0.1, -0.05) is 5.92 Å². The maximum Gasteiger partial charge on any atom is 0.217 e. The molecule has 0 radical (unpaired) electrons. The van der Waals surface area contributed by atoms with E-state index in [9.17, 15) is 4.79 Å². The Bertz CT molecular complexity index is 352. The lowest BCUT2D eigenvalue weighted by Gasteiger charge is -2.04. The van der Waals surface area contributed by atoms with Gasteiger partial charge in [-0.2, -0.15) is 0 Å². The molecule has 0 spiro atoms. The van der Waals surface area contributed by atoms with Crippen LogP contribution in [0.1, 0.15) is 15.9 Å². The number of hydrogen-bond donors (Lipinski definition) is 0. The molecule has 0 saturated heterocycles. The van der Waals surface area contributed by atoms with Gasteiger partial charge in [0.15, 0.2) is 12.9 Å². The van der Waals surface area contributed by atoms with Crippen molar-refractivity contribution in [2.75, 3.05) is 6.61 Å². The van der Waals surface area contributed by atoms with Gasteiger partial charge in [0.2, 0.25) is 5.88 Å². The predicted octanol–water partition coefficient (Wildman–Crippen LogP) is 1.21. The Labute approximate surface area is 76.8 Å². The minimum Gasteiger partial charge on any atom is -0.464 e. The molecule has 0 saturated carbocycles. The molecule has 0 N–H and O–H groups in total. The van der Waals surface area contributed by atoms with E-state index in [2.05, 4.69) is 10.9 Å². The highest BCUT2D eigenvalue weighted by molar-refractivity contribution is 5.74. The van der Waals surface area contributed by atoms with E-state index in [4.69, 9.17) is 11.2 Å². The van der Waals surface area contributed by atoms with Gasteiger partial charge >= 0.3 is 0 Å². The average Bonchev–Trinajstić information content (AvgIpc) is 2.16. The first kappa shape index (κ1) is 9.27. The van der Waals surface area contributed by atoms with Crippen LogP contribution in [0.2, 0.25) is 0 Å². The topological polar surface area (TPSA) is 39.2 Å². The van der Waals surface area contributed by atoms with Crippen molar-refractivity contribution in [2.45, 2.75) is 6.92 Å². The van der Waals surface area contributed by atoms with Crippen molar-refractivity contribution in [1.29, 1.82) is 0 Å². The summed E-state index contributed by atoms with van der Waals surface area (Å²) in [5.74, 6) is 2.82. The number of carbonyl (C=O) groups excluding carboxylic acids is 1. The zero-order chi connectivity index (χ0) is 9.68. The Kier molecular flexibility index (Phi) is 3.04. The molecule has 3 heteroatoms. The molecule has 0 aromatic carbocycles. The van der Waals surface area contributed by atoms with Crippen molar-refractivity contribution in [2.24, 2.45) is 0 Å². The third kappa shape index (κ3) is 2.31. The molecule has 0 aliphatic rings. The van der Waals surface area contributed by atoms with Crippen LogP contribution in [0, 0.1) is 19.3 Å². The maximum absolute atomic E-state index is 10.4. The highest BCUT2D eigenvalue weighted by Gasteiger charge is 2.00. The molecule has 13 heavy (non-hydrogen) atoms. The number of carbonyl (C=O) groups is 1. The van der Waals surface area contributed by atoms with Gasteiger partial charge in [0, 0.05) is 17.3 Å². The number of ether oxygens (including phenoxy) is 1. The van der Waals surface area contributed by atoms with Gasteiger partial charge in [-0.05, 0) is 13.0 Å². The quantitative estimate of drug-likeness (QED) is 0.512. The Balaban J connectivity index is 2.86. The van der Waals surface area contributed by atoms with Gasteiger partial charge in [-0.3, -0.25) is 4.79 Å². The van der Waals surface area contributed by atoms with Crippen LogP contribution in [-0.2, 0) is 0 Å². The van der Waals surface area contributed by atoms with E-state index in [0.29, 0.717) is 11.4 Å². The number of hydrogen-bond acceptors (Lipinski definition) is 3. The van der Waals surface area contributed by atoms with Crippen molar-refractivity contribution >= 4 is 6.29 Å². The number of rotatable bonds is 3. The highest BCUT2D eigenvalue weighted by atomic mass is 16.5. The largest absolute Gasteiger partial charge is 0.464 e. The van der Waals surface area contributed by atoms with Gasteiger partial charge in [-0.25, -0.2) is 4.98 Å². The first-order valence-corrected chi connectivity index (χ1v) is 3.76. The molecule has 0 bridgehead atoms. The van der Waals surface area contributed by atoms with Gasteiger partial charge in [-0.15, -0.1) is 6.42 Å². The summed E-state index contributed by atoms with van der Waals surface area (Å²) in [5.41, 5.74) is 1.34. The maximum atomic E-state index is 10.4. The van der Waals surface area contributed by atoms with Crippen LogP contribution in [0.5, 0.6) is 5.88 Å². The zero-order valence-electron chi connectivity index (χ0n) is 7.28. The Morgan fingerprint density at radius 2 is 2.54 bits per heavy atom. The zero-order valence-corrected chi connectivity index (χ0v) is 7.28. The summed E-state index contributed by atoms with van der Waals surface area (Å²) in [6.07, 6.45) is 7.21. The van der Waals surface area contributed by atoms with Crippen LogP contribution in [0.3, 0.4) is 0 Å². The fourth-order valence-electron chi connectivity index (χ4n) is 0.910. The van der Waals surface area contributed by atoms with Crippen LogP contribution >= 0.6 is 0 Å². The molecule has 0 amide bonds. The number of terminal acetylenes is 1. The molecule has 1 aromatic rings. The summed E-state index contributed by atoms with van der Waals surface area (Å²) in [7, 11) is 0. The lowest BCUT2D eigenvalue weighted by atomic mass is 10.2. The average molecular weight is 175 g/mol. The van der Waals surface area contributed by atoms with Gasteiger partial charge in [0.1, 0.15) is 0 Å². The van der Waals surface area contributed by atoms with E-state index in [1.165, 1.54) is 6.20 Å². The minimum atomic E-state index is 0.189. The summed E-state index contributed by atoms with van der Waals surface area (Å²) in [6.45, 7) is 2.00. The number of pyridine rings is 1. The summed E-state index contributed by atoms with van der Waals surface area (Å²) < 4.78 is 5.12. The number of aryl methyl sites for hydroxylation is 1. The third-order valence-electron chi connectivity index (χ3n) is 1.48. The van der Waals surface area contributed by atoms with Crippen LogP contribution in [-0.4, -0.2) is 17.9 Å². The summed E-state index contributed by atoms with van der Waals surface area (Å²) in [4.78, 5) is 14.3.